The molecule has 0 bridgehead atoms. The average Bonchev–Trinajstić information content (AvgIpc) is 3.33. The first-order chi connectivity index (χ1) is 14.8. The molecule has 0 spiro atoms. The van der Waals surface area contributed by atoms with Gasteiger partial charge in [-0.1, -0.05) is 18.2 Å². The van der Waals surface area contributed by atoms with Crippen molar-refractivity contribution in [2.24, 2.45) is 4.99 Å². The summed E-state index contributed by atoms with van der Waals surface area (Å²) in [6, 6.07) is 9.14. The molecule has 3 atom stereocenters. The van der Waals surface area contributed by atoms with Crippen LogP contribution in [0.3, 0.4) is 0 Å². The molecule has 1 saturated carbocycles. The van der Waals surface area contributed by atoms with E-state index in [1.165, 1.54) is 18.2 Å². The number of ether oxygens (including phenoxy) is 1. The molecule has 1 aromatic carbocycles. The highest BCUT2D eigenvalue weighted by atomic mass is 127. The Balaban J connectivity index is 0.00000289. The van der Waals surface area contributed by atoms with Crippen LogP contribution >= 0.6 is 24.0 Å². The van der Waals surface area contributed by atoms with E-state index in [-0.39, 0.29) is 53.5 Å². The van der Waals surface area contributed by atoms with Crippen LogP contribution in [0.2, 0.25) is 0 Å². The number of aliphatic imine (C=N–C) groups is 1. The van der Waals surface area contributed by atoms with E-state index >= 15 is 0 Å². The van der Waals surface area contributed by atoms with Gasteiger partial charge in [-0.15, -0.1) is 37.1 Å². The Bertz CT molecular complexity index is 958. The minimum atomic E-state index is -4.73. The summed E-state index contributed by atoms with van der Waals surface area (Å²) in [6.45, 7) is 1.24. The molecule has 2 aliphatic rings. The minimum Gasteiger partial charge on any atom is -0.405 e. The van der Waals surface area contributed by atoms with Gasteiger partial charge >= 0.3 is 6.36 Å². The van der Waals surface area contributed by atoms with Crippen LogP contribution in [0.4, 0.5) is 23.4 Å². The lowest BCUT2D eigenvalue weighted by Crippen LogP contribution is -2.45. The zero-order valence-corrected chi connectivity index (χ0v) is 19.6. The van der Waals surface area contributed by atoms with E-state index in [0.717, 1.165) is 6.42 Å². The first kappa shape index (κ1) is 24.3. The van der Waals surface area contributed by atoms with Gasteiger partial charge in [0.2, 0.25) is 0 Å². The number of benzene rings is 1. The number of hydrogen-bond donors (Lipinski definition) is 2. The van der Waals surface area contributed by atoms with E-state index in [2.05, 4.69) is 25.3 Å². The van der Waals surface area contributed by atoms with Crippen molar-refractivity contribution in [2.75, 3.05) is 25.0 Å². The summed E-state index contributed by atoms with van der Waals surface area (Å²) in [5, 5.41) is 6.58. The van der Waals surface area contributed by atoms with Gasteiger partial charge in [-0.2, -0.15) is 0 Å². The van der Waals surface area contributed by atoms with Crippen LogP contribution in [-0.4, -0.2) is 49.5 Å². The Morgan fingerprint density at radius 2 is 1.97 bits per heavy atom. The molecule has 11 heteroatoms. The third-order valence-corrected chi connectivity index (χ3v) is 5.45. The molecule has 2 heterocycles. The quantitative estimate of drug-likeness (QED) is 0.248. The number of aromatic nitrogens is 1. The lowest BCUT2D eigenvalue weighted by Gasteiger charge is -2.20. The number of alkyl halides is 3. The molecule has 2 aromatic rings. The summed E-state index contributed by atoms with van der Waals surface area (Å²) < 4.78 is 56.2. The molecule has 0 radical (unpaired) electrons. The summed E-state index contributed by atoms with van der Waals surface area (Å²) in [5.41, 5.74) is 0.519. The smallest absolute Gasteiger partial charge is 0.405 e. The summed E-state index contributed by atoms with van der Waals surface area (Å²) in [4.78, 5) is 10.2. The second kappa shape index (κ2) is 10.1. The number of para-hydroxylation sites is 1. The van der Waals surface area contributed by atoms with Gasteiger partial charge in [-0.3, -0.25) is 4.99 Å². The number of nitrogens with one attached hydrogen (secondary N) is 2. The van der Waals surface area contributed by atoms with E-state index < -0.39 is 6.36 Å². The number of rotatable bonds is 5. The summed E-state index contributed by atoms with van der Waals surface area (Å²) >= 11 is 0. The molecule has 1 aromatic heterocycles. The van der Waals surface area contributed by atoms with Gasteiger partial charge in [-0.05, 0) is 36.6 Å². The van der Waals surface area contributed by atoms with Crippen molar-refractivity contribution in [2.45, 2.75) is 37.2 Å². The molecule has 6 nitrogen and oxygen atoms in total. The predicted octanol–water partition coefficient (Wildman–Crippen LogP) is 4.04. The molecule has 2 fully saturated rings. The van der Waals surface area contributed by atoms with Gasteiger partial charge in [0.15, 0.2) is 17.6 Å². The normalized spacial score (nSPS) is 22.8. The molecule has 32 heavy (non-hydrogen) atoms. The summed E-state index contributed by atoms with van der Waals surface area (Å²) in [7, 11) is 1.64. The Hall–Kier alpha value is -2.31. The van der Waals surface area contributed by atoms with Gasteiger partial charge in [0.25, 0.3) is 0 Å². The number of guanidine groups is 1. The SMILES string of the molecule is CN=C(NC1CCN(c2ncccc2F)C1)NC1CC1c1ccccc1OC(F)(F)F.I. The van der Waals surface area contributed by atoms with E-state index in [0.29, 0.717) is 36.9 Å². The van der Waals surface area contributed by atoms with Gasteiger partial charge in [-0.25, -0.2) is 9.37 Å². The highest BCUT2D eigenvalue weighted by molar-refractivity contribution is 14.0. The third-order valence-electron chi connectivity index (χ3n) is 5.45. The van der Waals surface area contributed by atoms with Crippen molar-refractivity contribution >= 4 is 35.8 Å². The second-order valence-corrected chi connectivity index (χ2v) is 7.64. The molecule has 1 aliphatic heterocycles. The maximum atomic E-state index is 14.0. The fourth-order valence-corrected chi connectivity index (χ4v) is 3.92. The van der Waals surface area contributed by atoms with Gasteiger partial charge < -0.3 is 20.3 Å². The van der Waals surface area contributed by atoms with Crippen molar-refractivity contribution in [1.29, 1.82) is 0 Å². The monoisotopic (exact) mass is 565 g/mol. The van der Waals surface area contributed by atoms with Crippen LogP contribution in [0.25, 0.3) is 0 Å². The Kier molecular flexibility index (Phi) is 7.67. The highest BCUT2D eigenvalue weighted by Crippen LogP contribution is 2.45. The molecule has 4 rings (SSSR count). The predicted molar refractivity (Wildman–Crippen MR) is 124 cm³/mol. The van der Waals surface area contributed by atoms with Crippen LogP contribution in [0.5, 0.6) is 5.75 Å². The number of pyridine rings is 1. The van der Waals surface area contributed by atoms with E-state index in [1.54, 1.807) is 31.4 Å². The van der Waals surface area contributed by atoms with Crippen molar-refractivity contribution < 1.29 is 22.3 Å². The fourth-order valence-electron chi connectivity index (χ4n) is 3.92. The molecule has 2 N–H and O–H groups in total. The first-order valence-corrected chi connectivity index (χ1v) is 10.0. The zero-order chi connectivity index (χ0) is 22.0. The number of hydrogen-bond acceptors (Lipinski definition) is 4. The molecular formula is C21H24F4IN5O. The fraction of sp³-hybridized carbons (Fsp3) is 0.429. The molecule has 1 aliphatic carbocycles. The number of halogens is 5. The van der Waals surface area contributed by atoms with Crippen LogP contribution in [0.15, 0.2) is 47.6 Å². The summed E-state index contributed by atoms with van der Waals surface area (Å²) in [6.07, 6.45) is -1.71. The van der Waals surface area contributed by atoms with Crippen molar-refractivity contribution in [3.8, 4) is 5.75 Å². The van der Waals surface area contributed by atoms with Gasteiger partial charge in [0.05, 0.1) is 0 Å². The first-order valence-electron chi connectivity index (χ1n) is 10.0. The van der Waals surface area contributed by atoms with Crippen LogP contribution in [0.1, 0.15) is 24.3 Å². The largest absolute Gasteiger partial charge is 0.573 e. The maximum absolute atomic E-state index is 14.0. The van der Waals surface area contributed by atoms with E-state index in [1.807, 2.05) is 4.90 Å². The molecule has 1 saturated heterocycles. The van der Waals surface area contributed by atoms with Crippen LogP contribution in [-0.2, 0) is 0 Å². The van der Waals surface area contributed by atoms with Crippen LogP contribution < -0.4 is 20.3 Å². The maximum Gasteiger partial charge on any atom is 0.573 e. The lowest BCUT2D eigenvalue weighted by molar-refractivity contribution is -0.274. The minimum absolute atomic E-state index is 0. The lowest BCUT2D eigenvalue weighted by atomic mass is 10.1. The molecular weight excluding hydrogens is 541 g/mol. The highest BCUT2D eigenvalue weighted by Gasteiger charge is 2.42. The Morgan fingerprint density at radius 3 is 2.69 bits per heavy atom. The van der Waals surface area contributed by atoms with Crippen molar-refractivity contribution in [1.82, 2.24) is 15.6 Å². The van der Waals surface area contributed by atoms with Gasteiger partial charge in [0.1, 0.15) is 5.75 Å². The van der Waals surface area contributed by atoms with E-state index in [9.17, 15) is 17.6 Å². The molecule has 174 valence electrons. The Morgan fingerprint density at radius 1 is 1.19 bits per heavy atom. The molecule has 0 amide bonds. The topological polar surface area (TPSA) is 61.8 Å². The number of anilines is 1. The standard InChI is InChI=1S/C21H23F4N5O.HI/c1-26-20(28-13-8-10-30(12-13)19-16(22)6-4-9-27-19)29-17-11-15(17)14-5-2-3-7-18(14)31-21(23,24)25;/h2-7,9,13,15,17H,8,10-12H2,1H3,(H2,26,28,29);1H. The van der Waals surface area contributed by atoms with Gasteiger partial charge in [0, 0.05) is 44.3 Å². The number of nitrogens with zero attached hydrogens (tertiary/aromatic N) is 3. The van der Waals surface area contributed by atoms with Crippen LogP contribution in [0, 0.1) is 5.82 Å². The molecule has 3 unspecified atom stereocenters. The van der Waals surface area contributed by atoms with Crippen molar-refractivity contribution in [3.63, 3.8) is 0 Å². The summed E-state index contributed by atoms with van der Waals surface area (Å²) in [5.74, 6) is 0.274. The zero-order valence-electron chi connectivity index (χ0n) is 17.3. The van der Waals surface area contributed by atoms with E-state index in [4.69, 9.17) is 0 Å². The second-order valence-electron chi connectivity index (χ2n) is 7.64. The average molecular weight is 565 g/mol. The third kappa shape index (κ3) is 5.93. The van der Waals surface area contributed by atoms with Crippen molar-refractivity contribution in [3.05, 3.63) is 54.0 Å². The Labute approximate surface area is 200 Å².